The molecule has 0 bridgehead atoms. The van der Waals surface area contributed by atoms with Crippen molar-refractivity contribution in [2.75, 3.05) is 0 Å². The number of hydrazone groups is 2. The van der Waals surface area contributed by atoms with Gasteiger partial charge in [-0.25, -0.2) is 5.43 Å². The molecule has 0 unspecified atom stereocenters. The zero-order valence-electron chi connectivity index (χ0n) is 15.5. The minimum absolute atomic E-state index is 0.320. The Hall–Kier alpha value is -3.25. The van der Waals surface area contributed by atoms with Gasteiger partial charge in [-0.1, -0.05) is 88.7 Å². The number of halogens is 1. The Morgan fingerprint density at radius 1 is 0.966 bits per heavy atom. The predicted octanol–water partition coefficient (Wildman–Crippen LogP) is 4.19. The van der Waals surface area contributed by atoms with Gasteiger partial charge in [0.25, 0.3) is 5.91 Å². The molecule has 0 aliphatic carbocycles. The number of carbonyl (C=O) groups is 1. The van der Waals surface area contributed by atoms with Crippen molar-refractivity contribution in [1.29, 1.82) is 0 Å². The molecule has 1 aliphatic heterocycles. The molecule has 4 rings (SSSR count). The van der Waals surface area contributed by atoms with Crippen LogP contribution in [0, 0.1) is 0 Å². The maximum atomic E-state index is 12.6. The van der Waals surface area contributed by atoms with Crippen LogP contribution in [0.2, 0.25) is 0 Å². The van der Waals surface area contributed by atoms with E-state index in [9.17, 15) is 4.79 Å². The highest BCUT2D eigenvalue weighted by molar-refractivity contribution is 9.10. The van der Waals surface area contributed by atoms with Gasteiger partial charge in [-0.3, -0.25) is 10.2 Å². The lowest BCUT2D eigenvalue weighted by Gasteiger charge is -2.30. The molecule has 0 saturated carbocycles. The van der Waals surface area contributed by atoms with Crippen molar-refractivity contribution >= 4 is 33.8 Å². The molecule has 5 nitrogen and oxygen atoms in total. The van der Waals surface area contributed by atoms with E-state index < -0.39 is 5.54 Å². The Morgan fingerprint density at radius 2 is 1.55 bits per heavy atom. The zero-order valence-corrected chi connectivity index (χ0v) is 17.1. The Bertz CT molecular complexity index is 1010. The minimum Gasteiger partial charge on any atom is -0.294 e. The van der Waals surface area contributed by atoms with Crippen molar-refractivity contribution in [3.63, 3.8) is 0 Å². The molecule has 2 N–H and O–H groups in total. The summed E-state index contributed by atoms with van der Waals surface area (Å²) in [6.07, 6.45) is 2.04. The lowest BCUT2D eigenvalue weighted by Crippen LogP contribution is -2.38. The fourth-order valence-electron chi connectivity index (χ4n) is 3.35. The average molecular weight is 447 g/mol. The van der Waals surface area contributed by atoms with E-state index in [0.717, 1.165) is 21.2 Å². The first-order valence-electron chi connectivity index (χ1n) is 9.21. The van der Waals surface area contributed by atoms with Crippen LogP contribution in [-0.4, -0.2) is 17.8 Å². The van der Waals surface area contributed by atoms with Crippen LogP contribution in [0.25, 0.3) is 0 Å². The summed E-state index contributed by atoms with van der Waals surface area (Å²) in [6.45, 7) is 0. The third kappa shape index (κ3) is 4.12. The van der Waals surface area contributed by atoms with Crippen LogP contribution in [0.3, 0.4) is 0 Å². The summed E-state index contributed by atoms with van der Waals surface area (Å²) in [5, 5.41) is 8.41. The van der Waals surface area contributed by atoms with Gasteiger partial charge in [0, 0.05) is 10.9 Å². The molecule has 1 amide bonds. The van der Waals surface area contributed by atoms with Gasteiger partial charge in [0.1, 0.15) is 11.3 Å². The first-order chi connectivity index (χ1) is 14.2. The smallest absolute Gasteiger partial charge is 0.287 e. The van der Waals surface area contributed by atoms with Crippen molar-refractivity contribution in [3.05, 3.63) is 106 Å². The normalized spacial score (nSPS) is 15.0. The zero-order chi connectivity index (χ0) is 20.1. The van der Waals surface area contributed by atoms with E-state index in [4.69, 9.17) is 0 Å². The summed E-state index contributed by atoms with van der Waals surface area (Å²) < 4.78 is 0.989. The van der Waals surface area contributed by atoms with Crippen LogP contribution < -0.4 is 10.9 Å². The number of amides is 1. The van der Waals surface area contributed by atoms with Crippen LogP contribution >= 0.6 is 15.9 Å². The summed E-state index contributed by atoms with van der Waals surface area (Å²) in [5.74, 6) is -0.320. The Balaban J connectivity index is 1.51. The second kappa shape index (κ2) is 8.41. The van der Waals surface area contributed by atoms with Crippen molar-refractivity contribution in [2.24, 2.45) is 10.2 Å². The Kier molecular flexibility index (Phi) is 5.53. The van der Waals surface area contributed by atoms with Crippen LogP contribution in [0.5, 0.6) is 0 Å². The van der Waals surface area contributed by atoms with Crippen molar-refractivity contribution in [2.45, 2.75) is 12.0 Å². The quantitative estimate of drug-likeness (QED) is 0.455. The standard InChI is InChI=1S/C23H19BrN4O/c24-20-13-11-17(12-14-20)16-25-27-22(29)21-15-23(28-26-21,18-7-3-1-4-8-18)19-9-5-2-6-10-19/h1-14,16,28H,15H2,(H,27,29)/b25-16+. The molecular weight excluding hydrogens is 428 g/mol. The number of benzene rings is 3. The molecule has 144 valence electrons. The second-order valence-corrected chi connectivity index (χ2v) is 7.65. The maximum absolute atomic E-state index is 12.6. The highest BCUT2D eigenvalue weighted by atomic mass is 79.9. The third-order valence-electron chi connectivity index (χ3n) is 4.86. The van der Waals surface area contributed by atoms with Crippen LogP contribution in [0.15, 0.2) is 99.6 Å². The van der Waals surface area contributed by atoms with Crippen LogP contribution in [-0.2, 0) is 10.3 Å². The molecule has 3 aromatic carbocycles. The van der Waals surface area contributed by atoms with Gasteiger partial charge >= 0.3 is 0 Å². The SMILES string of the molecule is O=C(N/N=C/c1ccc(Br)cc1)C1=NNC(c2ccccc2)(c2ccccc2)C1. The molecule has 29 heavy (non-hydrogen) atoms. The minimum atomic E-state index is -0.579. The summed E-state index contributed by atoms with van der Waals surface area (Å²) in [7, 11) is 0. The summed E-state index contributed by atoms with van der Waals surface area (Å²) in [5.41, 5.74) is 8.62. The van der Waals surface area contributed by atoms with E-state index in [0.29, 0.717) is 12.1 Å². The fourth-order valence-corrected chi connectivity index (χ4v) is 3.61. The highest BCUT2D eigenvalue weighted by Gasteiger charge is 2.41. The largest absolute Gasteiger partial charge is 0.294 e. The Morgan fingerprint density at radius 3 is 2.14 bits per heavy atom. The van der Waals surface area contributed by atoms with Crippen LogP contribution in [0.1, 0.15) is 23.1 Å². The van der Waals surface area contributed by atoms with Crippen molar-refractivity contribution in [3.8, 4) is 0 Å². The monoisotopic (exact) mass is 446 g/mol. The topological polar surface area (TPSA) is 65.8 Å². The van der Waals surface area contributed by atoms with E-state index in [-0.39, 0.29) is 5.91 Å². The molecule has 0 saturated heterocycles. The molecule has 0 radical (unpaired) electrons. The lowest BCUT2D eigenvalue weighted by molar-refractivity contribution is -0.114. The summed E-state index contributed by atoms with van der Waals surface area (Å²) in [4.78, 5) is 12.6. The number of nitrogens with one attached hydrogen (secondary N) is 2. The fraction of sp³-hybridized carbons (Fsp3) is 0.0870. The molecule has 0 aromatic heterocycles. The van der Waals surface area contributed by atoms with Gasteiger partial charge in [0.05, 0.1) is 6.21 Å². The number of rotatable bonds is 5. The molecule has 3 aromatic rings. The number of hydrogen-bond acceptors (Lipinski definition) is 4. The van der Waals surface area contributed by atoms with E-state index in [1.807, 2.05) is 84.9 Å². The maximum Gasteiger partial charge on any atom is 0.287 e. The van der Waals surface area contributed by atoms with Crippen LogP contribution in [0.4, 0.5) is 0 Å². The average Bonchev–Trinajstić information content (AvgIpc) is 3.23. The van der Waals surface area contributed by atoms with E-state index >= 15 is 0 Å². The van der Waals surface area contributed by atoms with Crippen molar-refractivity contribution < 1.29 is 4.79 Å². The van der Waals surface area contributed by atoms with Gasteiger partial charge in [0.2, 0.25) is 0 Å². The number of nitrogens with zero attached hydrogens (tertiary/aromatic N) is 2. The molecule has 1 aliphatic rings. The summed E-state index contributed by atoms with van der Waals surface area (Å²) >= 11 is 3.39. The van der Waals surface area contributed by atoms with E-state index in [1.165, 1.54) is 0 Å². The Labute approximate surface area is 177 Å². The second-order valence-electron chi connectivity index (χ2n) is 6.74. The molecule has 0 atom stereocenters. The first-order valence-corrected chi connectivity index (χ1v) is 10.0. The van der Waals surface area contributed by atoms with E-state index in [1.54, 1.807) is 6.21 Å². The summed E-state index contributed by atoms with van der Waals surface area (Å²) in [6, 6.07) is 27.7. The molecule has 0 spiro atoms. The third-order valence-corrected chi connectivity index (χ3v) is 5.39. The van der Waals surface area contributed by atoms with Gasteiger partial charge in [-0.15, -0.1) is 0 Å². The lowest BCUT2D eigenvalue weighted by atomic mass is 9.80. The number of carbonyl (C=O) groups excluding carboxylic acids is 1. The molecule has 6 heteroatoms. The van der Waals surface area contributed by atoms with Crippen molar-refractivity contribution in [1.82, 2.24) is 10.9 Å². The van der Waals surface area contributed by atoms with E-state index in [2.05, 4.69) is 37.0 Å². The molecule has 1 heterocycles. The van der Waals surface area contributed by atoms with Gasteiger partial charge in [-0.05, 0) is 28.8 Å². The first kappa shape index (κ1) is 19.1. The number of hydrogen-bond donors (Lipinski definition) is 2. The predicted molar refractivity (Wildman–Crippen MR) is 119 cm³/mol. The molecule has 0 fully saturated rings. The highest BCUT2D eigenvalue weighted by Crippen LogP contribution is 2.36. The van der Waals surface area contributed by atoms with Gasteiger partial charge < -0.3 is 0 Å². The van der Waals surface area contributed by atoms with Gasteiger partial charge in [0.15, 0.2) is 0 Å². The molecular formula is C23H19BrN4O. The van der Waals surface area contributed by atoms with Gasteiger partial charge in [-0.2, -0.15) is 10.2 Å².